The third-order valence-electron chi connectivity index (χ3n) is 13.1. The zero-order valence-corrected chi connectivity index (χ0v) is 41.0. The number of hydrogen-bond acceptors (Lipinski definition) is 13. The van der Waals surface area contributed by atoms with Gasteiger partial charge < -0.3 is 74.5 Å². The van der Waals surface area contributed by atoms with Gasteiger partial charge in [0.15, 0.2) is 0 Å². The SMILES string of the molecule is NCCCCC(CN[C@H](CN[C@H](CN[C@H](CNCCC(N)=O)Cc1ccc(O)cc1)Cc1ccc(O)cc1)Cc1ccc(O)cc1)NC[C@H](Cc1c[nH]c2ccccc12)NC[C@@H](N)Cc1ccc(O)cc1. The predicted molar refractivity (Wildman–Crippen MR) is 286 cm³/mol. The highest BCUT2D eigenvalue weighted by Crippen LogP contribution is 2.20. The molecule has 382 valence electrons. The fourth-order valence-corrected chi connectivity index (χ4v) is 9.04. The Morgan fingerprint density at radius 2 is 0.930 bits per heavy atom. The Bertz CT molecular complexity index is 2420. The zero-order valence-electron chi connectivity index (χ0n) is 41.0. The first-order valence-electron chi connectivity index (χ1n) is 25.3. The van der Waals surface area contributed by atoms with Gasteiger partial charge in [0.1, 0.15) is 23.0 Å². The predicted octanol–water partition coefficient (Wildman–Crippen LogP) is 4.22. The summed E-state index contributed by atoms with van der Waals surface area (Å²) in [6.45, 7) is 5.02. The number of primary amides is 1. The summed E-state index contributed by atoms with van der Waals surface area (Å²) in [5.74, 6) is 0.543. The number of phenolic OH excluding ortho intramolecular Hbond substituents is 4. The van der Waals surface area contributed by atoms with Crippen molar-refractivity contribution in [3.05, 3.63) is 155 Å². The number of rotatable bonds is 34. The quantitative estimate of drug-likeness (QED) is 0.0253. The summed E-state index contributed by atoms with van der Waals surface area (Å²) < 4.78 is 0. The average Bonchev–Trinajstić information content (AvgIpc) is 3.77. The van der Waals surface area contributed by atoms with Crippen LogP contribution in [0.25, 0.3) is 10.9 Å². The van der Waals surface area contributed by atoms with Crippen LogP contribution in [0.4, 0.5) is 0 Å². The average molecular weight is 971 g/mol. The Hall–Kier alpha value is -6.01. The first kappa shape index (κ1) is 54.3. The Morgan fingerprint density at radius 1 is 0.507 bits per heavy atom. The standard InChI is InChI=1S/C56H78N10O5/c57-25-4-3-5-45(62-38-49(31-43-32-66-55-7-2-1-6-54(43)55)61-33-44(58)27-39-8-16-50(67)17-9-39)35-63-47(29-41-12-20-52(69)21-13-41)37-65-48(30-42-14-22-53(70)23-15-42)36-64-46(34-60-26-24-56(59)71)28-40-10-18-51(68)19-11-40/h1-2,6-23,32,44-49,60-70H,3-5,24-31,33-38,57-58H2,(H2,59,71)/t44-,45?,46-,47-,48-,49-/m0/s1. The maximum absolute atomic E-state index is 11.5. The molecule has 1 amide bonds. The lowest BCUT2D eigenvalue weighted by Gasteiger charge is -2.29. The fourth-order valence-electron chi connectivity index (χ4n) is 9.04. The molecular formula is C56H78N10O5. The van der Waals surface area contributed by atoms with Gasteiger partial charge in [-0.1, -0.05) is 73.2 Å². The zero-order chi connectivity index (χ0) is 50.2. The molecule has 15 nitrogen and oxygen atoms in total. The molecule has 71 heavy (non-hydrogen) atoms. The molecule has 0 saturated carbocycles. The fraction of sp³-hybridized carbons (Fsp3) is 0.411. The van der Waals surface area contributed by atoms with E-state index in [4.69, 9.17) is 17.2 Å². The van der Waals surface area contributed by atoms with Gasteiger partial charge in [-0.05, 0) is 134 Å². The first-order valence-corrected chi connectivity index (χ1v) is 25.3. The van der Waals surface area contributed by atoms with Crippen LogP contribution in [0.3, 0.4) is 0 Å². The van der Waals surface area contributed by atoms with Gasteiger partial charge in [0, 0.05) is 106 Å². The second-order valence-corrected chi connectivity index (χ2v) is 19.0. The molecule has 0 bridgehead atoms. The Balaban J connectivity index is 1.16. The summed E-state index contributed by atoms with van der Waals surface area (Å²) in [5.41, 5.74) is 24.9. The number of benzene rings is 5. The lowest BCUT2D eigenvalue weighted by molar-refractivity contribution is -0.117. The number of nitrogens with one attached hydrogen (secondary N) is 7. The Labute approximate surface area is 419 Å². The molecule has 6 aromatic rings. The number of nitrogens with two attached hydrogens (primary N) is 3. The molecule has 1 unspecified atom stereocenters. The molecule has 15 heteroatoms. The maximum atomic E-state index is 11.5. The number of amides is 1. The van der Waals surface area contributed by atoms with E-state index in [0.29, 0.717) is 71.6 Å². The van der Waals surface area contributed by atoms with E-state index in [2.05, 4.69) is 61.3 Å². The van der Waals surface area contributed by atoms with Crippen molar-refractivity contribution in [1.29, 1.82) is 0 Å². The first-order chi connectivity index (χ1) is 34.5. The van der Waals surface area contributed by atoms with E-state index in [9.17, 15) is 25.2 Å². The number of aromatic hydroxyl groups is 4. The van der Waals surface area contributed by atoms with E-state index in [1.54, 1.807) is 48.5 Å². The highest BCUT2D eigenvalue weighted by atomic mass is 16.3. The van der Waals surface area contributed by atoms with Crippen molar-refractivity contribution in [3.63, 3.8) is 0 Å². The number of unbranched alkanes of at least 4 members (excludes halogenated alkanes) is 1. The summed E-state index contributed by atoms with van der Waals surface area (Å²) in [4.78, 5) is 15.0. The van der Waals surface area contributed by atoms with Gasteiger partial charge in [0.05, 0.1) is 0 Å². The lowest BCUT2D eigenvalue weighted by atomic mass is 10.0. The molecule has 0 fully saturated rings. The molecule has 5 aromatic carbocycles. The minimum absolute atomic E-state index is 0.00657. The van der Waals surface area contributed by atoms with Gasteiger partial charge in [0.25, 0.3) is 0 Å². The van der Waals surface area contributed by atoms with Crippen molar-refractivity contribution < 1.29 is 25.2 Å². The number of aromatic nitrogens is 1. The van der Waals surface area contributed by atoms with Crippen molar-refractivity contribution in [1.82, 2.24) is 36.9 Å². The van der Waals surface area contributed by atoms with Gasteiger partial charge in [-0.2, -0.15) is 0 Å². The van der Waals surface area contributed by atoms with Crippen molar-refractivity contribution in [2.45, 2.75) is 94.0 Å². The molecular weight excluding hydrogens is 893 g/mol. The molecule has 17 N–H and O–H groups in total. The smallest absolute Gasteiger partial charge is 0.218 e. The van der Waals surface area contributed by atoms with E-state index in [1.165, 1.54) is 10.9 Å². The molecule has 0 aliphatic heterocycles. The second-order valence-electron chi connectivity index (χ2n) is 19.0. The van der Waals surface area contributed by atoms with Crippen LogP contribution in [0.5, 0.6) is 23.0 Å². The number of H-pyrrole nitrogens is 1. The number of fused-ring (bicyclic) bond motifs is 1. The number of hydrogen-bond donors (Lipinski definition) is 14. The van der Waals surface area contributed by atoms with Gasteiger partial charge in [-0.25, -0.2) is 0 Å². The third-order valence-corrected chi connectivity index (χ3v) is 13.1. The molecule has 0 aliphatic carbocycles. The maximum Gasteiger partial charge on any atom is 0.218 e. The summed E-state index contributed by atoms with van der Waals surface area (Å²) in [6, 6.07) is 37.7. The van der Waals surface area contributed by atoms with Crippen molar-refractivity contribution in [2.75, 3.05) is 52.4 Å². The van der Waals surface area contributed by atoms with Crippen LogP contribution in [-0.4, -0.2) is 120 Å². The molecule has 1 heterocycles. The molecule has 0 aliphatic rings. The number of carbonyl (C=O) groups excluding carboxylic acids is 1. The topological polar surface area (TPSA) is 264 Å². The van der Waals surface area contributed by atoms with E-state index in [1.807, 2.05) is 54.6 Å². The van der Waals surface area contributed by atoms with Crippen LogP contribution in [-0.2, 0) is 36.9 Å². The molecule has 0 radical (unpaired) electrons. The monoisotopic (exact) mass is 971 g/mol. The molecule has 6 atom stereocenters. The van der Waals surface area contributed by atoms with Crippen LogP contribution in [0, 0.1) is 0 Å². The van der Waals surface area contributed by atoms with Crippen molar-refractivity contribution in [2.24, 2.45) is 17.2 Å². The van der Waals surface area contributed by atoms with E-state index in [0.717, 1.165) is 59.9 Å². The largest absolute Gasteiger partial charge is 0.508 e. The molecule has 1 aromatic heterocycles. The summed E-state index contributed by atoms with van der Waals surface area (Å²) in [7, 11) is 0. The number of para-hydroxylation sites is 1. The Morgan fingerprint density at radius 3 is 1.42 bits per heavy atom. The van der Waals surface area contributed by atoms with Crippen LogP contribution >= 0.6 is 0 Å². The van der Waals surface area contributed by atoms with Crippen LogP contribution in [0.15, 0.2) is 128 Å². The Kier molecular flexibility index (Phi) is 22.5. The minimum Gasteiger partial charge on any atom is -0.508 e. The molecule has 0 saturated heterocycles. The number of aromatic amines is 1. The van der Waals surface area contributed by atoms with Crippen molar-refractivity contribution >= 4 is 16.8 Å². The van der Waals surface area contributed by atoms with Crippen molar-refractivity contribution in [3.8, 4) is 23.0 Å². The van der Waals surface area contributed by atoms with E-state index in [-0.39, 0.29) is 71.6 Å². The summed E-state index contributed by atoms with van der Waals surface area (Å²) in [5, 5.41) is 64.1. The number of phenols is 4. The highest BCUT2D eigenvalue weighted by Gasteiger charge is 2.21. The number of carbonyl (C=O) groups is 1. The molecule has 0 spiro atoms. The van der Waals surface area contributed by atoms with Gasteiger partial charge in [0.2, 0.25) is 5.91 Å². The van der Waals surface area contributed by atoms with Crippen LogP contribution in [0.1, 0.15) is 53.5 Å². The normalized spacial score (nSPS) is 14.2. The lowest BCUT2D eigenvalue weighted by Crippen LogP contribution is -2.53. The van der Waals surface area contributed by atoms with Gasteiger partial charge in [-0.3, -0.25) is 4.79 Å². The summed E-state index contributed by atoms with van der Waals surface area (Å²) in [6.07, 6.45) is 8.82. The van der Waals surface area contributed by atoms with E-state index >= 15 is 0 Å². The summed E-state index contributed by atoms with van der Waals surface area (Å²) >= 11 is 0. The van der Waals surface area contributed by atoms with Crippen LogP contribution in [0.2, 0.25) is 0 Å². The highest BCUT2D eigenvalue weighted by molar-refractivity contribution is 5.83. The second kappa shape index (κ2) is 29.4. The van der Waals surface area contributed by atoms with Crippen LogP contribution < -0.4 is 49.1 Å². The minimum atomic E-state index is -0.353. The van der Waals surface area contributed by atoms with Gasteiger partial charge >= 0.3 is 0 Å². The third kappa shape index (κ3) is 20.0. The molecule has 6 rings (SSSR count). The van der Waals surface area contributed by atoms with E-state index < -0.39 is 0 Å². The van der Waals surface area contributed by atoms with Gasteiger partial charge in [-0.15, -0.1) is 0 Å².